The first kappa shape index (κ1) is 19.1. The number of aryl methyl sites for hydroxylation is 2. The molecule has 1 aliphatic heterocycles. The number of ether oxygens (including phenoxy) is 2. The van der Waals surface area contributed by atoms with Crippen molar-refractivity contribution >= 4 is 0 Å². The molecule has 4 nitrogen and oxygen atoms in total. The molecular weight excluding hydrogens is 302 g/mol. The molecule has 0 bridgehead atoms. The molecule has 4 heteroatoms. The minimum atomic E-state index is -0.503. The van der Waals surface area contributed by atoms with Crippen LogP contribution < -0.4 is 0 Å². The van der Waals surface area contributed by atoms with Crippen molar-refractivity contribution in [3.8, 4) is 0 Å². The summed E-state index contributed by atoms with van der Waals surface area (Å²) in [6.45, 7) is 11.8. The number of hydrogen-bond donors (Lipinski definition) is 1. The van der Waals surface area contributed by atoms with E-state index in [2.05, 4.69) is 43.5 Å². The van der Waals surface area contributed by atoms with Crippen molar-refractivity contribution in [2.45, 2.75) is 45.4 Å². The van der Waals surface area contributed by atoms with Gasteiger partial charge < -0.3 is 14.6 Å². The maximum atomic E-state index is 10.3. The minimum Gasteiger partial charge on any atom is -0.389 e. The van der Waals surface area contributed by atoms with E-state index < -0.39 is 6.10 Å². The Labute approximate surface area is 146 Å². The van der Waals surface area contributed by atoms with Crippen molar-refractivity contribution in [2.75, 3.05) is 32.9 Å². The summed E-state index contributed by atoms with van der Waals surface area (Å²) in [4.78, 5) is 2.29. The zero-order chi connectivity index (χ0) is 17.4. The summed E-state index contributed by atoms with van der Waals surface area (Å²) in [5.41, 5.74) is 3.88. The van der Waals surface area contributed by atoms with E-state index in [9.17, 15) is 5.11 Å². The third kappa shape index (κ3) is 6.36. The lowest BCUT2D eigenvalue weighted by atomic mass is 10.0. The second-order valence-electron chi connectivity index (χ2n) is 6.74. The van der Waals surface area contributed by atoms with Gasteiger partial charge in [-0.1, -0.05) is 29.8 Å². The molecule has 0 radical (unpaired) electrons. The first-order chi connectivity index (χ1) is 11.6. The van der Waals surface area contributed by atoms with Crippen LogP contribution in [0.25, 0.3) is 0 Å². The molecule has 0 saturated carbocycles. The van der Waals surface area contributed by atoms with Crippen LogP contribution in [-0.2, 0) is 16.0 Å². The maximum Gasteiger partial charge on any atom is 0.0900 e. The number of aliphatic hydroxyl groups is 1. The zero-order valence-electron chi connectivity index (χ0n) is 15.0. The predicted octanol–water partition coefficient (Wildman–Crippen LogP) is 2.85. The van der Waals surface area contributed by atoms with E-state index in [1.165, 1.54) is 16.7 Å². The average Bonchev–Trinajstić information content (AvgIpc) is 3.03. The maximum absolute atomic E-state index is 10.3. The molecule has 134 valence electrons. The molecule has 1 aromatic rings. The van der Waals surface area contributed by atoms with Gasteiger partial charge in [0.2, 0.25) is 0 Å². The number of hydrogen-bond acceptors (Lipinski definition) is 4. The van der Waals surface area contributed by atoms with Crippen LogP contribution in [0.2, 0.25) is 0 Å². The van der Waals surface area contributed by atoms with Gasteiger partial charge in [0, 0.05) is 26.2 Å². The van der Waals surface area contributed by atoms with Crippen LogP contribution in [0, 0.1) is 13.8 Å². The lowest BCUT2D eigenvalue weighted by Gasteiger charge is -2.28. The topological polar surface area (TPSA) is 41.9 Å². The quantitative estimate of drug-likeness (QED) is 0.528. The average molecular weight is 333 g/mol. The van der Waals surface area contributed by atoms with Gasteiger partial charge >= 0.3 is 0 Å². The lowest BCUT2D eigenvalue weighted by molar-refractivity contribution is 0.00851. The smallest absolute Gasteiger partial charge is 0.0900 e. The fourth-order valence-corrected chi connectivity index (χ4v) is 3.18. The normalized spacial score (nSPS) is 18.9. The fourth-order valence-electron chi connectivity index (χ4n) is 3.18. The molecular formula is C20H31NO3. The van der Waals surface area contributed by atoms with Crippen molar-refractivity contribution in [1.82, 2.24) is 4.90 Å². The molecule has 24 heavy (non-hydrogen) atoms. The first-order valence-electron chi connectivity index (χ1n) is 8.85. The second-order valence-corrected chi connectivity index (χ2v) is 6.74. The molecule has 2 rings (SSSR count). The molecule has 1 heterocycles. The highest BCUT2D eigenvalue weighted by Gasteiger charge is 2.21. The Bertz CT molecular complexity index is 512. The number of rotatable bonds is 10. The summed E-state index contributed by atoms with van der Waals surface area (Å²) >= 11 is 0. The van der Waals surface area contributed by atoms with Gasteiger partial charge in [-0.15, -0.1) is 6.58 Å². The number of nitrogens with zero attached hydrogens (tertiary/aromatic N) is 1. The highest BCUT2D eigenvalue weighted by atomic mass is 16.5. The van der Waals surface area contributed by atoms with Gasteiger partial charge in [-0.25, -0.2) is 0 Å². The van der Waals surface area contributed by atoms with Gasteiger partial charge in [0.15, 0.2) is 0 Å². The van der Waals surface area contributed by atoms with Crippen LogP contribution in [0.5, 0.6) is 0 Å². The van der Waals surface area contributed by atoms with Crippen LogP contribution in [0.15, 0.2) is 30.9 Å². The van der Waals surface area contributed by atoms with Crippen LogP contribution in [0.3, 0.4) is 0 Å². The number of benzene rings is 1. The Hall–Kier alpha value is -1.20. The summed E-state index contributed by atoms with van der Waals surface area (Å²) in [7, 11) is 0. The summed E-state index contributed by atoms with van der Waals surface area (Å²) in [5, 5.41) is 10.3. The second kappa shape index (κ2) is 9.94. The summed E-state index contributed by atoms with van der Waals surface area (Å²) in [6, 6.07) is 6.55. The van der Waals surface area contributed by atoms with Gasteiger partial charge in [-0.3, -0.25) is 4.90 Å². The molecule has 0 aromatic heterocycles. The third-order valence-electron chi connectivity index (χ3n) is 4.39. The van der Waals surface area contributed by atoms with Crippen molar-refractivity contribution in [2.24, 2.45) is 0 Å². The molecule has 0 spiro atoms. The SMILES string of the molecule is C=CCOC[C@@H](O)CN(Cc1ccc(C)cc1C)C[C@@H]1CCCO1. The van der Waals surface area contributed by atoms with E-state index in [0.29, 0.717) is 19.8 Å². The van der Waals surface area contributed by atoms with E-state index in [-0.39, 0.29) is 6.10 Å². The highest BCUT2D eigenvalue weighted by Crippen LogP contribution is 2.18. The Kier molecular flexibility index (Phi) is 7.92. The molecule has 2 atom stereocenters. The molecule has 1 fully saturated rings. The van der Waals surface area contributed by atoms with E-state index in [1.807, 2.05) is 0 Å². The lowest BCUT2D eigenvalue weighted by Crippen LogP contribution is -2.39. The van der Waals surface area contributed by atoms with E-state index in [0.717, 1.165) is 32.5 Å². The fraction of sp³-hybridized carbons (Fsp3) is 0.600. The van der Waals surface area contributed by atoms with Crippen LogP contribution in [-0.4, -0.2) is 55.1 Å². The number of aliphatic hydroxyl groups excluding tert-OH is 1. The molecule has 0 aliphatic carbocycles. The Morgan fingerprint density at radius 2 is 2.29 bits per heavy atom. The van der Waals surface area contributed by atoms with Gasteiger partial charge in [0.25, 0.3) is 0 Å². The van der Waals surface area contributed by atoms with Crippen LogP contribution in [0.1, 0.15) is 29.5 Å². The minimum absolute atomic E-state index is 0.275. The predicted molar refractivity (Wildman–Crippen MR) is 97.2 cm³/mol. The van der Waals surface area contributed by atoms with Gasteiger partial charge in [0.05, 0.1) is 25.4 Å². The van der Waals surface area contributed by atoms with E-state index in [4.69, 9.17) is 9.47 Å². The van der Waals surface area contributed by atoms with Crippen molar-refractivity contribution in [3.63, 3.8) is 0 Å². The Balaban J connectivity index is 1.96. The molecule has 1 aromatic carbocycles. The molecule has 0 amide bonds. The summed E-state index contributed by atoms with van der Waals surface area (Å²) < 4.78 is 11.2. The van der Waals surface area contributed by atoms with E-state index >= 15 is 0 Å². The molecule has 1 aliphatic rings. The largest absolute Gasteiger partial charge is 0.389 e. The van der Waals surface area contributed by atoms with Crippen molar-refractivity contribution < 1.29 is 14.6 Å². The molecule has 1 saturated heterocycles. The van der Waals surface area contributed by atoms with Gasteiger partial charge in [0.1, 0.15) is 0 Å². The van der Waals surface area contributed by atoms with Gasteiger partial charge in [-0.2, -0.15) is 0 Å². The van der Waals surface area contributed by atoms with Crippen LogP contribution in [0.4, 0.5) is 0 Å². The van der Waals surface area contributed by atoms with E-state index in [1.54, 1.807) is 6.08 Å². The van der Waals surface area contributed by atoms with Crippen LogP contribution >= 0.6 is 0 Å². The third-order valence-corrected chi connectivity index (χ3v) is 4.39. The monoisotopic (exact) mass is 333 g/mol. The molecule has 1 N–H and O–H groups in total. The Morgan fingerprint density at radius 1 is 1.46 bits per heavy atom. The summed E-state index contributed by atoms with van der Waals surface area (Å²) in [6.07, 6.45) is 3.71. The molecule has 0 unspecified atom stereocenters. The first-order valence-corrected chi connectivity index (χ1v) is 8.85. The Morgan fingerprint density at radius 3 is 2.96 bits per heavy atom. The zero-order valence-corrected chi connectivity index (χ0v) is 15.0. The highest BCUT2D eigenvalue weighted by molar-refractivity contribution is 5.30. The standard InChI is InChI=1S/C20H31NO3/c1-4-9-23-15-19(22)13-21(14-20-6-5-10-24-20)12-18-8-7-16(2)11-17(18)3/h4,7-8,11,19-20,22H,1,5-6,9-10,12-15H2,2-3H3/t19-,20-/m0/s1. The van der Waals surface area contributed by atoms with Crippen molar-refractivity contribution in [3.05, 3.63) is 47.5 Å². The van der Waals surface area contributed by atoms with Gasteiger partial charge in [-0.05, 0) is 37.8 Å². The summed E-state index contributed by atoms with van der Waals surface area (Å²) in [5.74, 6) is 0. The van der Waals surface area contributed by atoms with Crippen molar-refractivity contribution in [1.29, 1.82) is 0 Å².